The standard InChI is InChI=1S/C25H27ClN2O3/c1-18(28-25(29)5-3-4-19-6-9-22(26)10-7-19)21-8-11-23(24(16-21)30-2)31-17-20-12-14-27-15-13-20/h6-16,18H,3-5,17H2,1-2H3,(H,28,29). The molecule has 0 fully saturated rings. The minimum atomic E-state index is -0.133. The molecule has 0 saturated heterocycles. The van der Waals surface area contributed by atoms with E-state index in [1.807, 2.05) is 61.5 Å². The molecular formula is C25H27ClN2O3. The van der Waals surface area contributed by atoms with Crippen LogP contribution in [0.2, 0.25) is 5.02 Å². The van der Waals surface area contributed by atoms with E-state index in [4.69, 9.17) is 21.1 Å². The summed E-state index contributed by atoms with van der Waals surface area (Å²) < 4.78 is 11.4. The molecule has 6 heteroatoms. The summed E-state index contributed by atoms with van der Waals surface area (Å²) in [5, 5.41) is 3.78. The number of amides is 1. The zero-order chi connectivity index (χ0) is 22.1. The fraction of sp³-hybridized carbons (Fsp3) is 0.280. The number of nitrogens with one attached hydrogen (secondary N) is 1. The van der Waals surface area contributed by atoms with Crippen LogP contribution in [0.1, 0.15) is 42.5 Å². The van der Waals surface area contributed by atoms with Crippen molar-refractivity contribution in [2.24, 2.45) is 0 Å². The second-order valence-electron chi connectivity index (χ2n) is 7.32. The second kappa shape index (κ2) is 11.4. The van der Waals surface area contributed by atoms with Gasteiger partial charge in [-0.25, -0.2) is 0 Å². The van der Waals surface area contributed by atoms with Crippen LogP contribution >= 0.6 is 11.6 Å². The van der Waals surface area contributed by atoms with Gasteiger partial charge in [0.05, 0.1) is 13.2 Å². The van der Waals surface area contributed by atoms with Crippen molar-refractivity contribution in [3.05, 3.63) is 88.7 Å². The third-order valence-electron chi connectivity index (χ3n) is 4.99. The van der Waals surface area contributed by atoms with E-state index < -0.39 is 0 Å². The molecule has 0 aliphatic rings. The number of hydrogen-bond donors (Lipinski definition) is 1. The number of methoxy groups -OCH3 is 1. The van der Waals surface area contributed by atoms with E-state index in [0.717, 1.165) is 29.0 Å². The van der Waals surface area contributed by atoms with Gasteiger partial charge in [-0.1, -0.05) is 29.8 Å². The number of pyridine rings is 1. The maximum absolute atomic E-state index is 12.4. The van der Waals surface area contributed by atoms with E-state index in [1.54, 1.807) is 19.5 Å². The number of hydrogen-bond acceptors (Lipinski definition) is 4. The zero-order valence-electron chi connectivity index (χ0n) is 17.8. The minimum absolute atomic E-state index is 0.0263. The van der Waals surface area contributed by atoms with Gasteiger partial charge in [0.1, 0.15) is 6.61 Å². The average molecular weight is 439 g/mol. The highest BCUT2D eigenvalue weighted by Crippen LogP contribution is 2.31. The number of carbonyl (C=O) groups excluding carboxylic acids is 1. The Morgan fingerprint density at radius 3 is 2.48 bits per heavy atom. The van der Waals surface area contributed by atoms with Crippen LogP contribution in [0.3, 0.4) is 0 Å². The summed E-state index contributed by atoms with van der Waals surface area (Å²) >= 11 is 5.91. The Morgan fingerprint density at radius 2 is 1.77 bits per heavy atom. The smallest absolute Gasteiger partial charge is 0.220 e. The van der Waals surface area contributed by atoms with Crippen LogP contribution in [0.4, 0.5) is 0 Å². The van der Waals surface area contributed by atoms with Crippen molar-refractivity contribution < 1.29 is 14.3 Å². The third kappa shape index (κ3) is 7.00. The Bertz CT molecular complexity index is 978. The number of carbonyl (C=O) groups is 1. The molecule has 3 rings (SSSR count). The summed E-state index contributed by atoms with van der Waals surface area (Å²) in [7, 11) is 1.61. The van der Waals surface area contributed by atoms with Crippen LogP contribution in [0.15, 0.2) is 67.0 Å². The van der Waals surface area contributed by atoms with Crippen LogP contribution in [-0.4, -0.2) is 18.0 Å². The van der Waals surface area contributed by atoms with Crippen LogP contribution in [0.25, 0.3) is 0 Å². The van der Waals surface area contributed by atoms with E-state index in [2.05, 4.69) is 10.3 Å². The van der Waals surface area contributed by atoms with Crippen LogP contribution in [0, 0.1) is 0 Å². The predicted octanol–water partition coefficient (Wildman–Crippen LogP) is 5.52. The lowest BCUT2D eigenvalue weighted by Crippen LogP contribution is -2.26. The van der Waals surface area contributed by atoms with Gasteiger partial charge in [-0.3, -0.25) is 9.78 Å². The molecule has 162 valence electrons. The summed E-state index contributed by atoms with van der Waals surface area (Å²) in [6, 6.07) is 17.1. The maximum atomic E-state index is 12.4. The molecule has 0 saturated carbocycles. The SMILES string of the molecule is COc1cc(C(C)NC(=O)CCCc2ccc(Cl)cc2)ccc1OCc1ccncc1. The lowest BCUT2D eigenvalue weighted by molar-refractivity contribution is -0.121. The summed E-state index contributed by atoms with van der Waals surface area (Å²) in [6.07, 6.45) is 5.57. The molecular weight excluding hydrogens is 412 g/mol. The van der Waals surface area contributed by atoms with E-state index in [0.29, 0.717) is 24.5 Å². The largest absolute Gasteiger partial charge is 0.493 e. The van der Waals surface area contributed by atoms with E-state index in [1.165, 1.54) is 5.56 Å². The number of aryl methyl sites for hydroxylation is 1. The molecule has 2 aromatic carbocycles. The van der Waals surface area contributed by atoms with Gasteiger partial charge < -0.3 is 14.8 Å². The molecule has 0 aliphatic heterocycles. The van der Waals surface area contributed by atoms with Gasteiger partial charge in [-0.05, 0) is 72.9 Å². The second-order valence-corrected chi connectivity index (χ2v) is 7.76. The first kappa shape index (κ1) is 22.6. The predicted molar refractivity (Wildman–Crippen MR) is 123 cm³/mol. The number of rotatable bonds is 10. The number of halogens is 1. The van der Waals surface area contributed by atoms with E-state index in [9.17, 15) is 4.79 Å². The molecule has 0 spiro atoms. The first-order valence-corrected chi connectivity index (χ1v) is 10.7. The van der Waals surface area contributed by atoms with Crippen molar-refractivity contribution in [1.82, 2.24) is 10.3 Å². The van der Waals surface area contributed by atoms with E-state index >= 15 is 0 Å². The molecule has 3 aromatic rings. The minimum Gasteiger partial charge on any atom is -0.493 e. The lowest BCUT2D eigenvalue weighted by atomic mass is 10.1. The van der Waals surface area contributed by atoms with Crippen molar-refractivity contribution in [1.29, 1.82) is 0 Å². The molecule has 31 heavy (non-hydrogen) atoms. The lowest BCUT2D eigenvalue weighted by Gasteiger charge is -2.17. The molecule has 1 unspecified atom stereocenters. The highest BCUT2D eigenvalue weighted by Gasteiger charge is 2.13. The topological polar surface area (TPSA) is 60.5 Å². The summed E-state index contributed by atoms with van der Waals surface area (Å²) in [5.41, 5.74) is 3.16. The van der Waals surface area contributed by atoms with Gasteiger partial charge in [0.15, 0.2) is 11.5 Å². The number of benzene rings is 2. The van der Waals surface area contributed by atoms with Crippen molar-refractivity contribution in [2.75, 3.05) is 7.11 Å². The number of aromatic nitrogens is 1. The Labute approximate surface area is 188 Å². The van der Waals surface area contributed by atoms with Gasteiger partial charge in [0, 0.05) is 23.8 Å². The fourth-order valence-corrected chi connectivity index (χ4v) is 3.34. The van der Waals surface area contributed by atoms with E-state index in [-0.39, 0.29) is 11.9 Å². The van der Waals surface area contributed by atoms with Crippen LogP contribution in [0.5, 0.6) is 11.5 Å². The van der Waals surface area contributed by atoms with Crippen molar-refractivity contribution in [3.8, 4) is 11.5 Å². The normalized spacial score (nSPS) is 11.6. The Kier molecular flexibility index (Phi) is 8.30. The Morgan fingerprint density at radius 1 is 1.03 bits per heavy atom. The summed E-state index contributed by atoms with van der Waals surface area (Å²) in [6.45, 7) is 2.39. The van der Waals surface area contributed by atoms with Gasteiger partial charge in [-0.15, -0.1) is 0 Å². The van der Waals surface area contributed by atoms with Gasteiger partial charge in [0.25, 0.3) is 0 Å². The first-order valence-electron chi connectivity index (χ1n) is 10.3. The van der Waals surface area contributed by atoms with Gasteiger partial charge in [0.2, 0.25) is 5.91 Å². The van der Waals surface area contributed by atoms with Crippen molar-refractivity contribution >= 4 is 17.5 Å². The summed E-state index contributed by atoms with van der Waals surface area (Å²) in [4.78, 5) is 16.4. The molecule has 1 heterocycles. The zero-order valence-corrected chi connectivity index (χ0v) is 18.6. The molecule has 0 aliphatic carbocycles. The average Bonchev–Trinajstić information content (AvgIpc) is 2.79. The number of ether oxygens (including phenoxy) is 2. The van der Waals surface area contributed by atoms with Gasteiger partial charge in [-0.2, -0.15) is 0 Å². The maximum Gasteiger partial charge on any atom is 0.220 e. The molecule has 1 N–H and O–H groups in total. The highest BCUT2D eigenvalue weighted by molar-refractivity contribution is 6.30. The van der Waals surface area contributed by atoms with Crippen molar-refractivity contribution in [3.63, 3.8) is 0 Å². The van der Waals surface area contributed by atoms with Crippen molar-refractivity contribution in [2.45, 2.75) is 38.8 Å². The quantitative estimate of drug-likeness (QED) is 0.452. The first-order chi connectivity index (χ1) is 15.0. The molecule has 1 atom stereocenters. The van der Waals surface area contributed by atoms with Crippen LogP contribution < -0.4 is 14.8 Å². The monoisotopic (exact) mass is 438 g/mol. The third-order valence-corrected chi connectivity index (χ3v) is 5.24. The Hall–Kier alpha value is -3.05. The summed E-state index contributed by atoms with van der Waals surface area (Å²) in [5.74, 6) is 1.32. The fourth-order valence-electron chi connectivity index (χ4n) is 3.21. The molecule has 1 amide bonds. The molecule has 5 nitrogen and oxygen atoms in total. The highest BCUT2D eigenvalue weighted by atomic mass is 35.5. The molecule has 0 bridgehead atoms. The molecule has 0 radical (unpaired) electrons. The van der Waals surface area contributed by atoms with Gasteiger partial charge >= 0.3 is 0 Å². The van der Waals surface area contributed by atoms with Crippen LogP contribution in [-0.2, 0) is 17.8 Å². The molecule has 1 aromatic heterocycles. The Balaban J connectivity index is 1.51. The number of nitrogens with zero attached hydrogens (tertiary/aromatic N) is 1.